The highest BCUT2D eigenvalue weighted by Gasteiger charge is 2.30. The summed E-state index contributed by atoms with van der Waals surface area (Å²) >= 11 is 0. The summed E-state index contributed by atoms with van der Waals surface area (Å²) in [6.45, 7) is 5.83. The molecule has 2 rings (SSSR count). The van der Waals surface area contributed by atoms with E-state index in [1.807, 2.05) is 26.8 Å². The first-order valence-electron chi connectivity index (χ1n) is 7.55. The third-order valence-electron chi connectivity index (χ3n) is 4.29. The van der Waals surface area contributed by atoms with Crippen molar-refractivity contribution in [1.82, 2.24) is 5.32 Å². The highest BCUT2D eigenvalue weighted by Crippen LogP contribution is 2.29. The maximum Gasteiger partial charge on any atom is 0.222 e. The molecule has 0 radical (unpaired) electrons. The minimum absolute atomic E-state index is 0.0351. The van der Waals surface area contributed by atoms with E-state index in [-0.39, 0.29) is 17.5 Å². The van der Waals surface area contributed by atoms with Crippen LogP contribution in [0, 0.1) is 13.8 Å². The number of hydrogen-bond acceptors (Lipinski definition) is 3. The third-order valence-corrected chi connectivity index (χ3v) is 4.29. The first-order chi connectivity index (χ1) is 9.39. The zero-order chi connectivity index (χ0) is 14.8. The number of carbonyl (C=O) groups excluding carboxylic acids is 1. The van der Waals surface area contributed by atoms with Gasteiger partial charge in [0.05, 0.1) is 6.04 Å². The predicted molar refractivity (Wildman–Crippen MR) is 79.4 cm³/mol. The Kier molecular flexibility index (Phi) is 4.53. The average Bonchev–Trinajstić information content (AvgIpc) is 2.68. The summed E-state index contributed by atoms with van der Waals surface area (Å²) in [7, 11) is 0. The fourth-order valence-corrected chi connectivity index (χ4v) is 3.20. The Hall–Kier alpha value is -1.29. The molecule has 0 aromatic carbocycles. The molecule has 1 unspecified atom stereocenters. The van der Waals surface area contributed by atoms with Crippen molar-refractivity contribution in [2.75, 3.05) is 0 Å². The van der Waals surface area contributed by atoms with Gasteiger partial charge in [0, 0.05) is 17.5 Å². The van der Waals surface area contributed by atoms with Crippen molar-refractivity contribution in [1.29, 1.82) is 0 Å². The van der Waals surface area contributed by atoms with Crippen molar-refractivity contribution < 1.29 is 9.21 Å². The standard InChI is InChI=1S/C16H26N2O2/c1-11-9-14(13(3)20-11)12(2)18-15(19)10-16(17)7-5-4-6-8-16/h9,12H,4-8,10,17H2,1-3H3,(H,18,19). The summed E-state index contributed by atoms with van der Waals surface area (Å²) in [5.41, 5.74) is 7.07. The second kappa shape index (κ2) is 6.00. The molecule has 0 aliphatic heterocycles. The highest BCUT2D eigenvalue weighted by atomic mass is 16.3. The fraction of sp³-hybridized carbons (Fsp3) is 0.688. The average molecular weight is 278 g/mol. The van der Waals surface area contributed by atoms with Gasteiger partial charge in [-0.2, -0.15) is 0 Å². The van der Waals surface area contributed by atoms with Gasteiger partial charge in [0.15, 0.2) is 0 Å². The Morgan fingerprint density at radius 1 is 1.40 bits per heavy atom. The molecule has 3 N–H and O–H groups in total. The molecule has 1 aliphatic carbocycles. The third kappa shape index (κ3) is 3.63. The summed E-state index contributed by atoms with van der Waals surface area (Å²) in [6, 6.07) is 1.95. The van der Waals surface area contributed by atoms with Gasteiger partial charge in [-0.25, -0.2) is 0 Å². The zero-order valence-electron chi connectivity index (χ0n) is 12.8. The molecule has 1 atom stereocenters. The van der Waals surface area contributed by atoms with Crippen LogP contribution >= 0.6 is 0 Å². The highest BCUT2D eigenvalue weighted by molar-refractivity contribution is 5.77. The van der Waals surface area contributed by atoms with Crippen molar-refractivity contribution in [3.05, 3.63) is 23.2 Å². The number of amides is 1. The lowest BCUT2D eigenvalue weighted by atomic mass is 9.80. The Morgan fingerprint density at radius 3 is 2.60 bits per heavy atom. The number of carbonyl (C=O) groups is 1. The van der Waals surface area contributed by atoms with Gasteiger partial charge in [-0.15, -0.1) is 0 Å². The minimum atomic E-state index is -0.302. The van der Waals surface area contributed by atoms with E-state index in [2.05, 4.69) is 5.32 Å². The molecular formula is C16H26N2O2. The molecule has 1 aliphatic rings. The Morgan fingerprint density at radius 2 is 2.05 bits per heavy atom. The van der Waals surface area contributed by atoms with Gasteiger partial charge < -0.3 is 15.5 Å². The van der Waals surface area contributed by atoms with E-state index in [1.165, 1.54) is 6.42 Å². The Labute approximate surface area is 121 Å². The van der Waals surface area contributed by atoms with Gasteiger partial charge in [-0.05, 0) is 39.7 Å². The van der Waals surface area contributed by atoms with E-state index in [1.54, 1.807) is 0 Å². The van der Waals surface area contributed by atoms with Crippen molar-refractivity contribution in [2.24, 2.45) is 5.73 Å². The molecule has 1 fully saturated rings. The molecule has 4 heteroatoms. The Bertz CT molecular complexity index is 473. The molecule has 112 valence electrons. The topological polar surface area (TPSA) is 68.3 Å². The van der Waals surface area contributed by atoms with Crippen molar-refractivity contribution in [2.45, 2.75) is 70.9 Å². The van der Waals surface area contributed by atoms with Gasteiger partial charge in [0.1, 0.15) is 11.5 Å². The maximum absolute atomic E-state index is 12.2. The predicted octanol–water partition coefficient (Wildman–Crippen LogP) is 3.13. The Balaban J connectivity index is 1.92. The molecule has 1 saturated carbocycles. The summed E-state index contributed by atoms with van der Waals surface area (Å²) in [6.07, 6.45) is 5.85. The largest absolute Gasteiger partial charge is 0.466 e. The number of rotatable bonds is 4. The summed E-state index contributed by atoms with van der Waals surface area (Å²) < 4.78 is 5.51. The molecule has 1 aromatic heterocycles. The monoisotopic (exact) mass is 278 g/mol. The second-order valence-electron chi connectivity index (χ2n) is 6.26. The minimum Gasteiger partial charge on any atom is -0.466 e. The van der Waals surface area contributed by atoms with E-state index in [4.69, 9.17) is 10.2 Å². The lowest BCUT2D eigenvalue weighted by Gasteiger charge is -2.33. The van der Waals surface area contributed by atoms with Gasteiger partial charge in [-0.3, -0.25) is 4.79 Å². The van der Waals surface area contributed by atoms with Crippen LogP contribution < -0.4 is 11.1 Å². The van der Waals surface area contributed by atoms with Crippen LogP contribution in [0.25, 0.3) is 0 Å². The molecule has 1 aromatic rings. The van der Waals surface area contributed by atoms with Gasteiger partial charge in [0.2, 0.25) is 5.91 Å². The van der Waals surface area contributed by atoms with Crippen molar-refractivity contribution in [3.63, 3.8) is 0 Å². The molecule has 4 nitrogen and oxygen atoms in total. The van der Waals surface area contributed by atoms with Crippen LogP contribution in [0.5, 0.6) is 0 Å². The van der Waals surface area contributed by atoms with Gasteiger partial charge in [-0.1, -0.05) is 19.3 Å². The van der Waals surface area contributed by atoms with Crippen LogP contribution in [0.15, 0.2) is 10.5 Å². The number of nitrogens with two attached hydrogens (primary N) is 1. The van der Waals surface area contributed by atoms with E-state index in [0.29, 0.717) is 6.42 Å². The lowest BCUT2D eigenvalue weighted by molar-refractivity contribution is -0.123. The van der Waals surface area contributed by atoms with Crippen LogP contribution in [0.4, 0.5) is 0 Å². The molecule has 0 spiro atoms. The van der Waals surface area contributed by atoms with Crippen molar-refractivity contribution >= 4 is 5.91 Å². The molecule has 1 heterocycles. The first kappa shape index (κ1) is 15.1. The smallest absolute Gasteiger partial charge is 0.222 e. The van der Waals surface area contributed by atoms with E-state index in [9.17, 15) is 4.79 Å². The lowest BCUT2D eigenvalue weighted by Crippen LogP contribution is -2.46. The van der Waals surface area contributed by atoms with Crippen LogP contribution in [0.3, 0.4) is 0 Å². The summed E-state index contributed by atoms with van der Waals surface area (Å²) in [4.78, 5) is 12.2. The van der Waals surface area contributed by atoms with E-state index >= 15 is 0 Å². The quantitative estimate of drug-likeness (QED) is 0.889. The van der Waals surface area contributed by atoms with Gasteiger partial charge >= 0.3 is 0 Å². The second-order valence-corrected chi connectivity index (χ2v) is 6.26. The van der Waals surface area contributed by atoms with Crippen LogP contribution in [0.2, 0.25) is 0 Å². The number of hydrogen-bond donors (Lipinski definition) is 2. The van der Waals surface area contributed by atoms with E-state index < -0.39 is 0 Å². The molecule has 1 amide bonds. The van der Waals surface area contributed by atoms with Crippen molar-refractivity contribution in [3.8, 4) is 0 Å². The molecular weight excluding hydrogens is 252 g/mol. The SMILES string of the molecule is Cc1cc(C(C)NC(=O)CC2(N)CCCCC2)c(C)o1. The summed E-state index contributed by atoms with van der Waals surface area (Å²) in [5.74, 6) is 1.79. The molecule has 0 bridgehead atoms. The normalized spacial score (nSPS) is 19.6. The van der Waals surface area contributed by atoms with Crippen LogP contribution in [-0.2, 0) is 4.79 Å². The van der Waals surface area contributed by atoms with Crippen LogP contribution in [-0.4, -0.2) is 11.4 Å². The maximum atomic E-state index is 12.2. The number of nitrogens with one attached hydrogen (secondary N) is 1. The fourth-order valence-electron chi connectivity index (χ4n) is 3.20. The number of furan rings is 1. The van der Waals surface area contributed by atoms with Crippen LogP contribution in [0.1, 0.15) is 68.6 Å². The first-order valence-corrected chi connectivity index (χ1v) is 7.55. The number of aryl methyl sites for hydroxylation is 2. The summed E-state index contributed by atoms with van der Waals surface area (Å²) in [5, 5.41) is 3.04. The van der Waals surface area contributed by atoms with E-state index in [0.717, 1.165) is 42.8 Å². The molecule has 0 saturated heterocycles. The molecule has 20 heavy (non-hydrogen) atoms. The van der Waals surface area contributed by atoms with Gasteiger partial charge in [0.25, 0.3) is 0 Å². The zero-order valence-corrected chi connectivity index (χ0v) is 12.8.